The summed E-state index contributed by atoms with van der Waals surface area (Å²) < 4.78 is 46.7. The summed E-state index contributed by atoms with van der Waals surface area (Å²) in [5, 5.41) is 6.63. The average molecular weight is 544 g/mol. The number of guanidine groups is 1. The molecule has 0 atom stereocenters. The highest BCUT2D eigenvalue weighted by atomic mass is 127. The van der Waals surface area contributed by atoms with E-state index < -0.39 is 12.8 Å². The van der Waals surface area contributed by atoms with Gasteiger partial charge >= 0.3 is 6.18 Å². The Morgan fingerprint density at radius 1 is 1.23 bits per heavy atom. The molecule has 1 saturated carbocycles. The highest BCUT2D eigenvalue weighted by Gasteiger charge is 2.33. The van der Waals surface area contributed by atoms with Crippen LogP contribution in [0.4, 0.5) is 13.2 Å². The molecule has 30 heavy (non-hydrogen) atoms. The fraction of sp³-hybridized carbons (Fsp3) is 0.700. The van der Waals surface area contributed by atoms with Crippen molar-refractivity contribution in [3.05, 3.63) is 23.9 Å². The minimum absolute atomic E-state index is 0. The highest BCUT2D eigenvalue weighted by molar-refractivity contribution is 14.0. The van der Waals surface area contributed by atoms with Gasteiger partial charge in [0.1, 0.15) is 0 Å². The molecule has 1 heterocycles. The third-order valence-corrected chi connectivity index (χ3v) is 5.14. The van der Waals surface area contributed by atoms with Gasteiger partial charge in [-0.2, -0.15) is 13.2 Å². The molecule has 0 unspecified atom stereocenters. The number of hydrogen-bond acceptors (Lipinski definition) is 4. The number of halogens is 4. The Labute approximate surface area is 193 Å². The van der Waals surface area contributed by atoms with Crippen molar-refractivity contribution in [3.63, 3.8) is 0 Å². The summed E-state index contributed by atoms with van der Waals surface area (Å²) in [4.78, 5) is 8.17. The van der Waals surface area contributed by atoms with Gasteiger partial charge in [-0.25, -0.2) is 4.98 Å². The lowest BCUT2D eigenvalue weighted by molar-refractivity contribution is -0.154. The second-order valence-electron chi connectivity index (χ2n) is 7.34. The zero-order valence-corrected chi connectivity index (χ0v) is 19.9. The standard InChI is InChI=1S/C20H31F3N4O2.HI/c1-3-28-11-10-19(8-4-5-9-19)14-27-18(24-2)26-13-16-6-7-17(25-12-16)29-15-20(21,22)23;/h6-7,12H,3-5,8-11,13-15H2,1-2H3,(H2,24,26,27);1H. The number of rotatable bonds is 10. The highest BCUT2D eigenvalue weighted by Crippen LogP contribution is 2.40. The molecule has 0 aromatic carbocycles. The van der Waals surface area contributed by atoms with Crippen LogP contribution in [-0.4, -0.2) is 50.5 Å². The first-order chi connectivity index (χ1) is 13.9. The molecule has 0 saturated heterocycles. The second-order valence-corrected chi connectivity index (χ2v) is 7.34. The third kappa shape index (κ3) is 9.67. The van der Waals surface area contributed by atoms with Gasteiger partial charge in [0.25, 0.3) is 0 Å². The van der Waals surface area contributed by atoms with Crippen LogP contribution in [-0.2, 0) is 11.3 Å². The predicted molar refractivity (Wildman–Crippen MR) is 121 cm³/mol. The zero-order valence-electron chi connectivity index (χ0n) is 17.6. The average Bonchev–Trinajstić information content (AvgIpc) is 3.16. The minimum Gasteiger partial charge on any atom is -0.468 e. The van der Waals surface area contributed by atoms with Gasteiger partial charge < -0.3 is 20.1 Å². The van der Waals surface area contributed by atoms with Crippen molar-refractivity contribution in [2.75, 3.05) is 33.4 Å². The molecule has 1 aromatic heterocycles. The van der Waals surface area contributed by atoms with E-state index in [1.165, 1.54) is 37.9 Å². The van der Waals surface area contributed by atoms with E-state index in [0.717, 1.165) is 31.7 Å². The summed E-state index contributed by atoms with van der Waals surface area (Å²) in [6.45, 7) is 3.47. The van der Waals surface area contributed by atoms with Gasteiger partial charge in [-0.3, -0.25) is 4.99 Å². The van der Waals surface area contributed by atoms with E-state index in [2.05, 4.69) is 25.3 Å². The molecule has 1 aliphatic carbocycles. The van der Waals surface area contributed by atoms with E-state index >= 15 is 0 Å². The van der Waals surface area contributed by atoms with Gasteiger partial charge in [0.05, 0.1) is 0 Å². The van der Waals surface area contributed by atoms with Crippen molar-refractivity contribution in [1.82, 2.24) is 15.6 Å². The molecule has 1 fully saturated rings. The fourth-order valence-corrected chi connectivity index (χ4v) is 3.51. The smallest absolute Gasteiger partial charge is 0.422 e. The first-order valence-electron chi connectivity index (χ1n) is 10.0. The lowest BCUT2D eigenvalue weighted by Gasteiger charge is -2.30. The molecule has 0 amide bonds. The molecule has 2 rings (SSSR count). The normalized spacial score (nSPS) is 16.1. The zero-order chi connectivity index (χ0) is 21.2. The predicted octanol–water partition coefficient (Wildman–Crippen LogP) is 4.29. The van der Waals surface area contributed by atoms with E-state index in [4.69, 9.17) is 4.74 Å². The Kier molecular flexibility index (Phi) is 11.7. The number of ether oxygens (including phenoxy) is 2. The van der Waals surface area contributed by atoms with Crippen molar-refractivity contribution in [2.45, 2.75) is 51.7 Å². The molecular weight excluding hydrogens is 512 g/mol. The Hall–Kier alpha value is -1.30. The Morgan fingerprint density at radius 2 is 1.97 bits per heavy atom. The maximum Gasteiger partial charge on any atom is 0.422 e. The number of aromatic nitrogens is 1. The molecule has 0 bridgehead atoms. The largest absolute Gasteiger partial charge is 0.468 e. The Balaban J connectivity index is 0.00000450. The third-order valence-electron chi connectivity index (χ3n) is 5.14. The van der Waals surface area contributed by atoms with E-state index in [-0.39, 0.29) is 35.3 Å². The van der Waals surface area contributed by atoms with Gasteiger partial charge in [0, 0.05) is 45.6 Å². The van der Waals surface area contributed by atoms with Gasteiger partial charge in [0.2, 0.25) is 5.88 Å². The lowest BCUT2D eigenvalue weighted by atomic mass is 9.83. The molecule has 1 aromatic rings. The van der Waals surface area contributed by atoms with Crippen LogP contribution < -0.4 is 15.4 Å². The number of nitrogens with zero attached hydrogens (tertiary/aromatic N) is 2. The van der Waals surface area contributed by atoms with Crippen molar-refractivity contribution < 1.29 is 22.6 Å². The maximum absolute atomic E-state index is 12.2. The van der Waals surface area contributed by atoms with Crippen LogP contribution in [0.3, 0.4) is 0 Å². The van der Waals surface area contributed by atoms with Crippen molar-refractivity contribution >= 4 is 29.9 Å². The molecule has 0 aliphatic heterocycles. The molecular formula is C20H32F3IN4O2. The molecule has 2 N–H and O–H groups in total. The molecule has 10 heteroatoms. The van der Waals surface area contributed by atoms with Crippen molar-refractivity contribution in [1.29, 1.82) is 0 Å². The van der Waals surface area contributed by atoms with Gasteiger partial charge in [-0.1, -0.05) is 18.9 Å². The number of aliphatic imine (C=N–C) groups is 1. The van der Waals surface area contributed by atoms with Gasteiger partial charge in [0.15, 0.2) is 12.6 Å². The molecule has 172 valence electrons. The number of alkyl halides is 3. The number of nitrogens with one attached hydrogen (secondary N) is 2. The number of hydrogen-bond donors (Lipinski definition) is 2. The maximum atomic E-state index is 12.2. The van der Waals surface area contributed by atoms with Crippen LogP contribution in [0, 0.1) is 5.41 Å². The summed E-state index contributed by atoms with van der Waals surface area (Å²) in [5.74, 6) is 0.635. The van der Waals surface area contributed by atoms with E-state index in [1.807, 2.05) is 6.92 Å². The molecule has 6 nitrogen and oxygen atoms in total. The van der Waals surface area contributed by atoms with E-state index in [1.54, 1.807) is 13.1 Å². The monoisotopic (exact) mass is 544 g/mol. The first-order valence-corrected chi connectivity index (χ1v) is 10.0. The Morgan fingerprint density at radius 3 is 2.53 bits per heavy atom. The summed E-state index contributed by atoms with van der Waals surface area (Å²) in [7, 11) is 1.71. The summed E-state index contributed by atoms with van der Waals surface area (Å²) in [5.41, 5.74) is 1.06. The van der Waals surface area contributed by atoms with Crippen molar-refractivity contribution in [3.8, 4) is 5.88 Å². The minimum atomic E-state index is -4.38. The topological polar surface area (TPSA) is 67.8 Å². The van der Waals surface area contributed by atoms with Crippen LogP contribution in [0.1, 0.15) is 44.6 Å². The van der Waals surface area contributed by atoms with Gasteiger partial charge in [-0.15, -0.1) is 24.0 Å². The fourth-order valence-electron chi connectivity index (χ4n) is 3.51. The second kappa shape index (κ2) is 13.2. The lowest BCUT2D eigenvalue weighted by Crippen LogP contribution is -2.43. The van der Waals surface area contributed by atoms with Crippen LogP contribution in [0.25, 0.3) is 0 Å². The SMILES string of the molecule is CCOCCC1(CNC(=NC)NCc2ccc(OCC(F)(F)F)nc2)CCCC1.I. The van der Waals surface area contributed by atoms with E-state index in [0.29, 0.717) is 12.5 Å². The van der Waals surface area contributed by atoms with Gasteiger partial charge in [-0.05, 0) is 37.2 Å². The van der Waals surface area contributed by atoms with Crippen LogP contribution in [0.5, 0.6) is 5.88 Å². The van der Waals surface area contributed by atoms with Crippen LogP contribution in [0.2, 0.25) is 0 Å². The summed E-state index contributed by atoms with van der Waals surface area (Å²) in [6, 6.07) is 3.11. The quantitative estimate of drug-likeness (QED) is 0.199. The summed E-state index contributed by atoms with van der Waals surface area (Å²) in [6.07, 6.45) is 3.02. The summed E-state index contributed by atoms with van der Waals surface area (Å²) >= 11 is 0. The van der Waals surface area contributed by atoms with Crippen molar-refractivity contribution in [2.24, 2.45) is 10.4 Å². The first kappa shape index (κ1) is 26.7. The van der Waals surface area contributed by atoms with Crippen LogP contribution in [0.15, 0.2) is 23.3 Å². The Bertz CT molecular complexity index is 636. The number of pyridine rings is 1. The van der Waals surface area contributed by atoms with E-state index in [9.17, 15) is 13.2 Å². The molecule has 0 spiro atoms. The molecule has 0 radical (unpaired) electrons. The van der Waals surface area contributed by atoms with Crippen LogP contribution >= 0.6 is 24.0 Å². The molecule has 1 aliphatic rings.